The van der Waals surface area contributed by atoms with Crippen molar-refractivity contribution in [1.82, 2.24) is 0 Å². The number of hydrogen-bond acceptors (Lipinski definition) is 5. The average molecular weight is 506 g/mol. The minimum atomic E-state index is -0.625. The van der Waals surface area contributed by atoms with E-state index in [9.17, 15) is 9.59 Å². The van der Waals surface area contributed by atoms with Crippen molar-refractivity contribution in [3.8, 4) is 0 Å². The molecular weight excluding hydrogens is 484 g/mol. The summed E-state index contributed by atoms with van der Waals surface area (Å²) < 4.78 is 17.9. The predicted octanol–water partition coefficient (Wildman–Crippen LogP) is 5.67. The van der Waals surface area contributed by atoms with Crippen LogP contribution in [-0.2, 0) is 19.0 Å². The maximum absolute atomic E-state index is 12.7. The summed E-state index contributed by atoms with van der Waals surface area (Å²) in [5.41, 5.74) is 1.66. The van der Waals surface area contributed by atoms with E-state index < -0.39 is 12.3 Å². The van der Waals surface area contributed by atoms with Gasteiger partial charge in [0.05, 0.1) is 13.2 Å². The van der Waals surface area contributed by atoms with Crippen molar-refractivity contribution >= 4 is 39.3 Å². The molecule has 0 bridgehead atoms. The minimum absolute atomic E-state index is 0.0109. The third kappa shape index (κ3) is 5.03. The van der Waals surface area contributed by atoms with Gasteiger partial charge in [-0.2, -0.15) is 0 Å². The second kappa shape index (κ2) is 9.55. The summed E-state index contributed by atoms with van der Waals surface area (Å²) in [6.45, 7) is 0. The zero-order valence-corrected chi connectivity index (χ0v) is 19.3. The van der Waals surface area contributed by atoms with Gasteiger partial charge in [-0.15, -0.1) is 0 Å². The zero-order chi connectivity index (χ0) is 22.0. The summed E-state index contributed by atoms with van der Waals surface area (Å²) in [6, 6.07) is 14.8. The van der Waals surface area contributed by atoms with Gasteiger partial charge in [-0.1, -0.05) is 39.7 Å². The average Bonchev–Trinajstić information content (AvgIpc) is 2.78. The molecule has 4 atom stereocenters. The Bertz CT molecular complexity index is 1000. The maximum atomic E-state index is 12.7. The Morgan fingerprint density at radius 2 is 1.94 bits per heavy atom. The van der Waals surface area contributed by atoms with Gasteiger partial charge in [-0.25, -0.2) is 4.79 Å². The summed E-state index contributed by atoms with van der Waals surface area (Å²) >= 11 is 9.43. The minimum Gasteiger partial charge on any atom is -0.463 e. The molecule has 7 heteroatoms. The van der Waals surface area contributed by atoms with E-state index in [1.165, 1.54) is 7.11 Å². The van der Waals surface area contributed by atoms with E-state index in [1.807, 2.05) is 30.3 Å². The molecule has 0 aliphatic carbocycles. The van der Waals surface area contributed by atoms with Crippen molar-refractivity contribution in [1.29, 1.82) is 0 Å². The van der Waals surface area contributed by atoms with Crippen molar-refractivity contribution in [2.75, 3.05) is 7.11 Å². The van der Waals surface area contributed by atoms with Crippen LogP contribution in [0.4, 0.5) is 0 Å². The van der Waals surface area contributed by atoms with E-state index >= 15 is 0 Å². The van der Waals surface area contributed by atoms with Crippen LogP contribution < -0.4 is 0 Å². The highest BCUT2D eigenvalue weighted by Crippen LogP contribution is 2.43. The lowest BCUT2D eigenvalue weighted by Gasteiger charge is -2.42. The standard InChI is InChI=1S/C24H22BrClO5/c1-29-23(28)22-13-20(15-3-2-4-16(25)11-15)19-10-9-18(30-24(19)31-22)12-21(27)14-5-7-17(26)8-6-14/h2-8,11,13,18-20,24H,9-10,12H2,1H3/t18-,19-,20-,24-/m1/s1. The van der Waals surface area contributed by atoms with Gasteiger partial charge in [-0.3, -0.25) is 4.79 Å². The number of halogens is 2. The molecule has 2 aromatic rings. The number of carbonyl (C=O) groups is 2. The highest BCUT2D eigenvalue weighted by molar-refractivity contribution is 9.10. The summed E-state index contributed by atoms with van der Waals surface area (Å²) in [5.74, 6) is -0.439. The SMILES string of the molecule is COC(=O)C1=C[C@H](c2cccc(Br)c2)[C@H]2CC[C@H](CC(=O)c3ccc(Cl)cc3)O[C@@H]2O1. The first kappa shape index (κ1) is 22.1. The van der Waals surface area contributed by atoms with Crippen LogP contribution in [0.2, 0.25) is 5.02 Å². The van der Waals surface area contributed by atoms with Crippen LogP contribution in [0.3, 0.4) is 0 Å². The molecule has 0 amide bonds. The molecule has 0 aromatic heterocycles. The Morgan fingerprint density at radius 3 is 2.65 bits per heavy atom. The van der Waals surface area contributed by atoms with E-state index in [0.29, 0.717) is 10.6 Å². The second-order valence-electron chi connectivity index (χ2n) is 7.72. The second-order valence-corrected chi connectivity index (χ2v) is 9.08. The van der Waals surface area contributed by atoms with Crippen LogP contribution in [0.15, 0.2) is 64.8 Å². The fraction of sp³-hybridized carbons (Fsp3) is 0.333. The Labute approximate surface area is 194 Å². The van der Waals surface area contributed by atoms with E-state index in [-0.39, 0.29) is 35.9 Å². The molecule has 1 saturated heterocycles. The Morgan fingerprint density at radius 1 is 1.16 bits per heavy atom. The van der Waals surface area contributed by atoms with Gasteiger partial charge in [0, 0.05) is 33.3 Å². The van der Waals surface area contributed by atoms with Crippen molar-refractivity contribution in [3.63, 3.8) is 0 Å². The Kier molecular flexibility index (Phi) is 6.80. The molecule has 0 unspecified atom stereocenters. The van der Waals surface area contributed by atoms with Crippen LogP contribution in [0.25, 0.3) is 0 Å². The Balaban J connectivity index is 1.53. The lowest BCUT2D eigenvalue weighted by Crippen LogP contribution is -2.43. The molecule has 162 valence electrons. The number of rotatable bonds is 5. The number of ether oxygens (including phenoxy) is 3. The number of ketones is 1. The number of fused-ring (bicyclic) bond motifs is 1. The van der Waals surface area contributed by atoms with Crippen molar-refractivity contribution in [2.45, 2.75) is 37.6 Å². The summed E-state index contributed by atoms with van der Waals surface area (Å²) in [4.78, 5) is 24.9. The lowest BCUT2D eigenvalue weighted by atomic mass is 9.78. The normalized spacial score (nSPS) is 25.1. The molecule has 2 heterocycles. The smallest absolute Gasteiger partial charge is 0.373 e. The molecule has 0 N–H and O–H groups in total. The monoisotopic (exact) mass is 504 g/mol. The molecule has 0 saturated carbocycles. The third-order valence-electron chi connectivity index (χ3n) is 5.73. The van der Waals surface area contributed by atoms with Crippen LogP contribution in [0, 0.1) is 5.92 Å². The van der Waals surface area contributed by atoms with E-state index in [2.05, 4.69) is 15.9 Å². The number of benzene rings is 2. The lowest BCUT2D eigenvalue weighted by molar-refractivity contribution is -0.215. The van der Waals surface area contributed by atoms with Gasteiger partial charge in [-0.05, 0) is 60.9 Å². The van der Waals surface area contributed by atoms with E-state index in [1.54, 1.807) is 24.3 Å². The molecule has 0 radical (unpaired) electrons. The maximum Gasteiger partial charge on any atom is 0.373 e. The fourth-order valence-corrected chi connectivity index (χ4v) is 4.72. The van der Waals surface area contributed by atoms with Gasteiger partial charge in [0.15, 0.2) is 5.78 Å². The number of carbonyl (C=O) groups excluding carboxylic acids is 2. The van der Waals surface area contributed by atoms with Gasteiger partial charge in [0.1, 0.15) is 0 Å². The van der Waals surface area contributed by atoms with Crippen molar-refractivity contribution in [2.24, 2.45) is 5.92 Å². The van der Waals surface area contributed by atoms with Crippen molar-refractivity contribution < 1.29 is 23.8 Å². The van der Waals surface area contributed by atoms with E-state index in [0.717, 1.165) is 22.9 Å². The van der Waals surface area contributed by atoms with Crippen LogP contribution >= 0.6 is 27.5 Å². The van der Waals surface area contributed by atoms with Gasteiger partial charge >= 0.3 is 5.97 Å². The number of Topliss-reactive ketones (excluding diaryl/α,β-unsaturated/α-hetero) is 1. The summed E-state index contributed by atoms with van der Waals surface area (Å²) in [6.07, 6.45) is 2.69. The molecule has 1 fully saturated rings. The molecule has 5 nitrogen and oxygen atoms in total. The number of hydrogen-bond donors (Lipinski definition) is 0. The van der Waals surface area contributed by atoms with Crippen LogP contribution in [-0.4, -0.2) is 31.3 Å². The van der Waals surface area contributed by atoms with E-state index in [4.69, 9.17) is 25.8 Å². The zero-order valence-electron chi connectivity index (χ0n) is 16.9. The van der Waals surface area contributed by atoms with Crippen LogP contribution in [0.5, 0.6) is 0 Å². The predicted molar refractivity (Wildman–Crippen MR) is 120 cm³/mol. The first-order valence-electron chi connectivity index (χ1n) is 10.1. The molecule has 0 spiro atoms. The molecule has 31 heavy (non-hydrogen) atoms. The molecular formula is C24H22BrClO5. The highest BCUT2D eigenvalue weighted by Gasteiger charge is 2.43. The largest absolute Gasteiger partial charge is 0.463 e. The molecule has 2 aliphatic heterocycles. The topological polar surface area (TPSA) is 61.8 Å². The number of allylic oxidation sites excluding steroid dienone is 1. The number of esters is 1. The molecule has 4 rings (SSSR count). The van der Waals surface area contributed by atoms with Gasteiger partial charge in [0.25, 0.3) is 0 Å². The summed E-state index contributed by atoms with van der Waals surface area (Å²) in [5, 5.41) is 0.588. The van der Waals surface area contributed by atoms with Crippen molar-refractivity contribution in [3.05, 3.63) is 81.0 Å². The molecule has 2 aliphatic rings. The van der Waals surface area contributed by atoms with Crippen LogP contribution in [0.1, 0.15) is 41.1 Å². The summed E-state index contributed by atoms with van der Waals surface area (Å²) in [7, 11) is 1.32. The first-order chi connectivity index (χ1) is 14.9. The Hall–Kier alpha value is -2.15. The van der Waals surface area contributed by atoms with Gasteiger partial charge < -0.3 is 14.2 Å². The molecule has 2 aromatic carbocycles. The fourth-order valence-electron chi connectivity index (χ4n) is 4.17. The highest BCUT2D eigenvalue weighted by atomic mass is 79.9. The quantitative estimate of drug-likeness (QED) is 0.387. The third-order valence-corrected chi connectivity index (χ3v) is 6.48. The first-order valence-corrected chi connectivity index (χ1v) is 11.3. The number of methoxy groups -OCH3 is 1. The van der Waals surface area contributed by atoms with Gasteiger partial charge in [0.2, 0.25) is 12.0 Å².